The molecule has 2 heterocycles. The van der Waals surface area contributed by atoms with Gasteiger partial charge in [-0.2, -0.15) is 0 Å². The van der Waals surface area contributed by atoms with Crippen molar-refractivity contribution in [2.45, 2.75) is 0 Å². The zero-order valence-corrected chi connectivity index (χ0v) is 16.0. The quantitative estimate of drug-likeness (QED) is 0.274. The summed E-state index contributed by atoms with van der Waals surface area (Å²) in [5, 5.41) is 5.23. The van der Waals surface area contributed by atoms with E-state index in [2.05, 4.69) is 72.8 Å². The molecule has 124 valence electrons. The largest absolute Gasteiger partial charge is 0.136 e. The van der Waals surface area contributed by atoms with Crippen LogP contribution in [0.2, 0.25) is 0 Å². The summed E-state index contributed by atoms with van der Waals surface area (Å²) in [7, 11) is 6.33. The molecule has 0 aliphatic heterocycles. The third kappa shape index (κ3) is 2.22. The number of hydrogen-bond donors (Lipinski definition) is 0. The van der Waals surface area contributed by atoms with Crippen LogP contribution in [0.4, 0.5) is 0 Å². The van der Waals surface area contributed by atoms with E-state index in [1.54, 1.807) is 11.3 Å². The summed E-state index contributed by atoms with van der Waals surface area (Å²) in [6.07, 6.45) is 0. The van der Waals surface area contributed by atoms with Crippen LogP contribution < -0.4 is 5.46 Å². The van der Waals surface area contributed by atoms with E-state index in [4.69, 9.17) is 7.85 Å². The van der Waals surface area contributed by atoms with Crippen LogP contribution in [0.25, 0.3) is 51.5 Å². The van der Waals surface area contributed by atoms with E-state index >= 15 is 0 Å². The van der Waals surface area contributed by atoms with Gasteiger partial charge in [-0.1, -0.05) is 60.1 Å². The maximum atomic E-state index is 6.33. The van der Waals surface area contributed by atoms with Gasteiger partial charge in [0.1, 0.15) is 7.85 Å². The molecule has 0 unspecified atom stereocenters. The first-order valence-corrected chi connectivity index (χ1v) is 10.5. The average Bonchev–Trinajstić information content (AvgIpc) is 3.27. The number of benzene rings is 4. The molecule has 2 aromatic heterocycles. The Morgan fingerprint density at radius 3 is 2.15 bits per heavy atom. The molecule has 0 spiro atoms. The fraction of sp³-hybridized carbons (Fsp3) is 0. The summed E-state index contributed by atoms with van der Waals surface area (Å²) in [5.41, 5.74) is 3.37. The Morgan fingerprint density at radius 1 is 0.593 bits per heavy atom. The smallest absolute Gasteiger partial charge is 0.115 e. The summed E-state index contributed by atoms with van der Waals surface area (Å²) in [6, 6.07) is 28.3. The molecule has 0 fully saturated rings. The highest BCUT2D eigenvalue weighted by atomic mass is 32.1. The number of hydrogen-bond acceptors (Lipinski definition) is 2. The maximum Gasteiger partial charge on any atom is 0.115 e. The SMILES string of the molecule is [B]c1ccc(-c2ccc3sc4ccccc4c3c2)c2c1sc1ccccc12. The van der Waals surface area contributed by atoms with Gasteiger partial charge in [-0.25, -0.2) is 0 Å². The van der Waals surface area contributed by atoms with E-state index in [-0.39, 0.29) is 0 Å². The third-order valence-corrected chi connectivity index (χ3v) is 7.62. The van der Waals surface area contributed by atoms with E-state index in [1.807, 2.05) is 17.4 Å². The Bertz CT molecular complexity index is 1490. The summed E-state index contributed by atoms with van der Waals surface area (Å²) in [4.78, 5) is 0. The summed E-state index contributed by atoms with van der Waals surface area (Å²) in [5.74, 6) is 0. The highest BCUT2D eigenvalue weighted by molar-refractivity contribution is 7.27. The normalized spacial score (nSPS) is 11.9. The van der Waals surface area contributed by atoms with Gasteiger partial charge in [0, 0.05) is 40.3 Å². The fourth-order valence-electron chi connectivity index (χ4n) is 3.98. The first-order chi connectivity index (χ1) is 13.3. The topological polar surface area (TPSA) is 0 Å². The molecule has 6 aromatic rings. The van der Waals surface area contributed by atoms with Crippen molar-refractivity contribution in [3.05, 3.63) is 78.9 Å². The van der Waals surface area contributed by atoms with Crippen molar-refractivity contribution < 1.29 is 0 Å². The first-order valence-electron chi connectivity index (χ1n) is 8.91. The van der Waals surface area contributed by atoms with Crippen molar-refractivity contribution in [3.63, 3.8) is 0 Å². The minimum Gasteiger partial charge on any atom is -0.136 e. The summed E-state index contributed by atoms with van der Waals surface area (Å²) < 4.78 is 5.15. The molecule has 0 aliphatic rings. The second kappa shape index (κ2) is 5.69. The zero-order valence-electron chi connectivity index (χ0n) is 14.4. The maximum absolute atomic E-state index is 6.33. The van der Waals surface area contributed by atoms with Crippen LogP contribution in [0.3, 0.4) is 0 Å². The van der Waals surface area contributed by atoms with Crippen molar-refractivity contribution in [1.29, 1.82) is 0 Å². The lowest BCUT2D eigenvalue weighted by Gasteiger charge is -2.07. The van der Waals surface area contributed by atoms with Crippen LogP contribution in [0.1, 0.15) is 0 Å². The molecule has 0 nitrogen and oxygen atoms in total. The minimum atomic E-state index is 0.858. The predicted molar refractivity (Wildman–Crippen MR) is 123 cm³/mol. The lowest BCUT2D eigenvalue weighted by molar-refractivity contribution is 1.75. The van der Waals surface area contributed by atoms with Crippen molar-refractivity contribution in [3.8, 4) is 11.1 Å². The molecule has 0 bridgehead atoms. The average molecular weight is 376 g/mol. The highest BCUT2D eigenvalue weighted by Gasteiger charge is 2.13. The second-order valence-electron chi connectivity index (χ2n) is 6.81. The van der Waals surface area contributed by atoms with Crippen molar-refractivity contribution in [1.82, 2.24) is 0 Å². The Labute approximate surface area is 166 Å². The summed E-state index contributed by atoms with van der Waals surface area (Å²) in [6.45, 7) is 0. The Morgan fingerprint density at radius 2 is 1.30 bits per heavy atom. The molecule has 2 radical (unpaired) electrons. The molecule has 0 aliphatic carbocycles. The van der Waals surface area contributed by atoms with Crippen LogP contribution in [0, 0.1) is 0 Å². The van der Waals surface area contributed by atoms with Crippen LogP contribution in [0.5, 0.6) is 0 Å². The lowest BCUT2D eigenvalue weighted by atomic mass is 9.89. The molecule has 6 rings (SSSR count). The first kappa shape index (κ1) is 15.4. The molecule has 3 heteroatoms. The van der Waals surface area contributed by atoms with Gasteiger partial charge in [-0.15, -0.1) is 22.7 Å². The van der Waals surface area contributed by atoms with Crippen LogP contribution in [-0.2, 0) is 0 Å². The zero-order chi connectivity index (χ0) is 18.0. The van der Waals surface area contributed by atoms with Gasteiger partial charge in [0.2, 0.25) is 0 Å². The Hall–Kier alpha value is -2.62. The molecular formula is C24H13BS2. The van der Waals surface area contributed by atoms with E-state index in [0.717, 1.165) is 5.46 Å². The molecule has 4 aromatic carbocycles. The monoisotopic (exact) mass is 376 g/mol. The van der Waals surface area contributed by atoms with E-state index in [1.165, 1.54) is 51.5 Å². The molecule has 0 saturated heterocycles. The number of thiophene rings is 2. The minimum absolute atomic E-state index is 0.858. The molecule has 0 saturated carbocycles. The molecular weight excluding hydrogens is 363 g/mol. The van der Waals surface area contributed by atoms with Gasteiger partial charge in [-0.05, 0) is 35.4 Å². The number of fused-ring (bicyclic) bond motifs is 6. The molecule has 0 amide bonds. The standard InChI is InChI=1S/C24H13BS2/c25-19-11-10-15(23-17-6-2-4-8-21(17)27-24(19)23)14-9-12-22-18(13-14)16-5-1-3-7-20(16)26-22/h1-13H. The Kier molecular flexibility index (Phi) is 3.25. The molecule has 0 N–H and O–H groups in total. The molecule has 27 heavy (non-hydrogen) atoms. The van der Waals surface area contributed by atoms with Gasteiger partial charge in [0.05, 0.1) is 0 Å². The number of rotatable bonds is 1. The van der Waals surface area contributed by atoms with E-state index in [0.29, 0.717) is 0 Å². The van der Waals surface area contributed by atoms with Gasteiger partial charge in [0.25, 0.3) is 0 Å². The molecule has 0 atom stereocenters. The van der Waals surface area contributed by atoms with Crippen LogP contribution in [0.15, 0.2) is 78.9 Å². The van der Waals surface area contributed by atoms with Gasteiger partial charge >= 0.3 is 0 Å². The summed E-state index contributed by atoms with van der Waals surface area (Å²) >= 11 is 3.64. The van der Waals surface area contributed by atoms with Gasteiger partial charge in [-0.3, -0.25) is 0 Å². The lowest BCUT2D eigenvalue weighted by Crippen LogP contribution is -2.01. The fourth-order valence-corrected chi connectivity index (χ4v) is 6.22. The van der Waals surface area contributed by atoms with E-state index < -0.39 is 0 Å². The second-order valence-corrected chi connectivity index (χ2v) is 8.95. The van der Waals surface area contributed by atoms with Crippen molar-refractivity contribution in [2.24, 2.45) is 0 Å². The van der Waals surface area contributed by atoms with E-state index in [9.17, 15) is 0 Å². The third-order valence-electron chi connectivity index (χ3n) is 5.24. The van der Waals surface area contributed by atoms with Crippen LogP contribution in [-0.4, -0.2) is 7.85 Å². The van der Waals surface area contributed by atoms with Crippen molar-refractivity contribution in [2.75, 3.05) is 0 Å². The predicted octanol–water partition coefficient (Wildman–Crippen LogP) is 6.88. The highest BCUT2D eigenvalue weighted by Crippen LogP contribution is 2.41. The Balaban J connectivity index is 1.72. The van der Waals surface area contributed by atoms with Gasteiger partial charge in [0.15, 0.2) is 0 Å². The van der Waals surface area contributed by atoms with Crippen LogP contribution >= 0.6 is 22.7 Å². The van der Waals surface area contributed by atoms with Gasteiger partial charge < -0.3 is 0 Å². The van der Waals surface area contributed by atoms with Crippen molar-refractivity contribution >= 4 is 76.3 Å².